The number of hydrogen-bond donors (Lipinski definition) is 1. The molecule has 1 N–H and O–H groups in total. The van der Waals surface area contributed by atoms with Gasteiger partial charge in [0, 0.05) is 81.9 Å². The van der Waals surface area contributed by atoms with Gasteiger partial charge in [-0.15, -0.1) is 0 Å². The first kappa shape index (κ1) is 23.0. The van der Waals surface area contributed by atoms with Crippen molar-refractivity contribution in [3.05, 3.63) is 64.8 Å². The van der Waals surface area contributed by atoms with E-state index < -0.39 is 0 Å². The van der Waals surface area contributed by atoms with Gasteiger partial charge in [-0.3, -0.25) is 9.88 Å². The molecule has 1 aromatic heterocycles. The van der Waals surface area contributed by atoms with Gasteiger partial charge >= 0.3 is 0 Å². The van der Waals surface area contributed by atoms with E-state index in [1.54, 1.807) is 0 Å². The summed E-state index contributed by atoms with van der Waals surface area (Å²) in [6, 6.07) is 15.3. The number of nitrogens with one attached hydrogen (secondary N) is 1. The molecule has 6 rings (SSSR count). The number of hydrogen-bond acceptors (Lipinski definition) is 6. The number of benzene rings is 2. The topological polar surface area (TPSA) is 43.9 Å². The lowest BCUT2D eigenvalue weighted by molar-refractivity contribution is -0.0339. The zero-order valence-electron chi connectivity index (χ0n) is 20.4. The summed E-state index contributed by atoms with van der Waals surface area (Å²) in [5, 5.41) is 5.26. The van der Waals surface area contributed by atoms with E-state index in [-0.39, 0.29) is 12.2 Å². The van der Waals surface area contributed by atoms with Crippen molar-refractivity contribution in [2.45, 2.75) is 32.1 Å². The minimum Gasteiger partial charge on any atom is -0.370 e. The number of fused-ring (bicyclic) bond motifs is 2. The van der Waals surface area contributed by atoms with E-state index in [4.69, 9.17) is 16.3 Å². The summed E-state index contributed by atoms with van der Waals surface area (Å²) < 4.78 is 6.43. The molecule has 35 heavy (non-hydrogen) atoms. The Bertz CT molecular complexity index is 1200. The summed E-state index contributed by atoms with van der Waals surface area (Å²) in [5.74, 6) is 0. The molecule has 2 atom stereocenters. The molecule has 2 fully saturated rings. The SMILES string of the molecule is CC1CN(c2ccc(Cl)c3ncccc23)CC(CN2CCc3cc(N4CCNCC4)ccc3C2)O1. The number of ether oxygens (including phenoxy) is 1. The lowest BCUT2D eigenvalue weighted by Gasteiger charge is -2.41. The Morgan fingerprint density at radius 1 is 1.03 bits per heavy atom. The Balaban J connectivity index is 1.14. The first-order valence-electron chi connectivity index (χ1n) is 12.9. The molecule has 0 radical (unpaired) electrons. The maximum atomic E-state index is 6.43. The lowest BCUT2D eigenvalue weighted by atomic mass is 9.98. The molecule has 4 heterocycles. The van der Waals surface area contributed by atoms with E-state index in [9.17, 15) is 0 Å². The fourth-order valence-electron chi connectivity index (χ4n) is 5.90. The number of morpholine rings is 1. The monoisotopic (exact) mass is 491 g/mol. The van der Waals surface area contributed by atoms with Crippen LogP contribution in [0.3, 0.4) is 0 Å². The summed E-state index contributed by atoms with van der Waals surface area (Å²) in [7, 11) is 0. The average Bonchev–Trinajstić information content (AvgIpc) is 2.89. The fourth-order valence-corrected chi connectivity index (χ4v) is 6.12. The molecular weight excluding hydrogens is 458 g/mol. The van der Waals surface area contributed by atoms with Crippen molar-refractivity contribution >= 4 is 33.9 Å². The number of anilines is 2. The number of aromatic nitrogens is 1. The Hall–Kier alpha value is -2.38. The fraction of sp³-hybridized carbons (Fsp3) is 0.464. The Kier molecular flexibility index (Phi) is 6.54. The van der Waals surface area contributed by atoms with E-state index in [1.807, 2.05) is 18.3 Å². The van der Waals surface area contributed by atoms with Crippen molar-refractivity contribution in [3.8, 4) is 0 Å². The summed E-state index contributed by atoms with van der Waals surface area (Å²) in [4.78, 5) is 12.0. The first-order chi connectivity index (χ1) is 17.1. The largest absolute Gasteiger partial charge is 0.370 e. The molecule has 3 aliphatic heterocycles. The summed E-state index contributed by atoms with van der Waals surface area (Å²) in [5.41, 5.74) is 6.42. The molecule has 2 saturated heterocycles. The van der Waals surface area contributed by atoms with Gasteiger partial charge in [-0.25, -0.2) is 0 Å². The Morgan fingerprint density at radius 2 is 1.91 bits per heavy atom. The minimum atomic E-state index is 0.169. The highest BCUT2D eigenvalue weighted by molar-refractivity contribution is 6.35. The van der Waals surface area contributed by atoms with Crippen LogP contribution in [0.1, 0.15) is 18.1 Å². The molecule has 7 heteroatoms. The van der Waals surface area contributed by atoms with Crippen LogP contribution >= 0.6 is 11.6 Å². The highest BCUT2D eigenvalue weighted by Crippen LogP contribution is 2.33. The standard InChI is InChI=1S/C28H34ClN5O/c1-20-16-34(27-7-6-26(29)28-25(27)3-2-9-31-28)19-24(35-20)18-32-12-8-21-15-23(5-4-22(21)17-32)33-13-10-30-11-14-33/h2-7,9,15,20,24,30H,8,10-14,16-19H2,1H3. The number of rotatable bonds is 4. The molecule has 3 aliphatic rings. The molecule has 2 unspecified atom stereocenters. The molecule has 0 spiro atoms. The normalized spacial score (nSPS) is 23.5. The third-order valence-electron chi connectivity index (χ3n) is 7.59. The van der Waals surface area contributed by atoms with Crippen molar-refractivity contribution < 1.29 is 4.74 Å². The van der Waals surface area contributed by atoms with Crippen molar-refractivity contribution in [3.63, 3.8) is 0 Å². The summed E-state index contributed by atoms with van der Waals surface area (Å²) in [6.45, 7) is 11.3. The number of nitrogens with zero attached hydrogens (tertiary/aromatic N) is 4. The third kappa shape index (κ3) is 4.85. The van der Waals surface area contributed by atoms with Crippen LogP contribution in [0.5, 0.6) is 0 Å². The third-order valence-corrected chi connectivity index (χ3v) is 7.89. The van der Waals surface area contributed by atoms with Crippen LogP contribution in [0, 0.1) is 0 Å². The maximum absolute atomic E-state index is 6.43. The van der Waals surface area contributed by atoms with Crippen LogP contribution in [0.4, 0.5) is 11.4 Å². The number of piperazine rings is 1. The Morgan fingerprint density at radius 3 is 2.80 bits per heavy atom. The van der Waals surface area contributed by atoms with Gasteiger partial charge in [0.25, 0.3) is 0 Å². The van der Waals surface area contributed by atoms with Crippen molar-refractivity contribution in [2.75, 3.05) is 62.2 Å². The van der Waals surface area contributed by atoms with E-state index in [1.165, 1.54) is 22.5 Å². The second kappa shape index (κ2) is 9.94. The summed E-state index contributed by atoms with van der Waals surface area (Å²) >= 11 is 6.43. The highest BCUT2D eigenvalue weighted by Gasteiger charge is 2.29. The van der Waals surface area contributed by atoms with Crippen LogP contribution in [-0.2, 0) is 17.7 Å². The van der Waals surface area contributed by atoms with Gasteiger partial charge in [-0.2, -0.15) is 0 Å². The smallest absolute Gasteiger partial charge is 0.0908 e. The summed E-state index contributed by atoms with van der Waals surface area (Å²) in [6.07, 6.45) is 3.26. The van der Waals surface area contributed by atoms with Gasteiger partial charge in [-0.1, -0.05) is 17.7 Å². The maximum Gasteiger partial charge on any atom is 0.0908 e. The molecule has 0 amide bonds. The average molecular weight is 492 g/mol. The van der Waals surface area contributed by atoms with Crippen molar-refractivity contribution in [2.24, 2.45) is 0 Å². The first-order valence-corrected chi connectivity index (χ1v) is 13.3. The van der Waals surface area contributed by atoms with Crippen LogP contribution in [0.25, 0.3) is 10.9 Å². The van der Waals surface area contributed by atoms with Crippen LogP contribution in [-0.4, -0.2) is 74.4 Å². The molecule has 184 valence electrons. The quantitative estimate of drug-likeness (QED) is 0.596. The van der Waals surface area contributed by atoms with E-state index in [2.05, 4.69) is 62.3 Å². The van der Waals surface area contributed by atoms with Gasteiger partial charge in [0.15, 0.2) is 0 Å². The Labute approximate surface area is 212 Å². The number of pyridine rings is 1. The van der Waals surface area contributed by atoms with Gasteiger partial charge in [0.1, 0.15) is 0 Å². The zero-order valence-corrected chi connectivity index (χ0v) is 21.2. The van der Waals surface area contributed by atoms with Gasteiger partial charge in [0.2, 0.25) is 0 Å². The van der Waals surface area contributed by atoms with Crippen molar-refractivity contribution in [1.82, 2.24) is 15.2 Å². The van der Waals surface area contributed by atoms with E-state index in [0.717, 1.165) is 76.2 Å². The van der Waals surface area contributed by atoms with Crippen molar-refractivity contribution in [1.29, 1.82) is 0 Å². The molecule has 0 saturated carbocycles. The van der Waals surface area contributed by atoms with Gasteiger partial charge < -0.3 is 19.9 Å². The predicted octanol–water partition coefficient (Wildman–Crippen LogP) is 3.95. The molecule has 0 aliphatic carbocycles. The van der Waals surface area contributed by atoms with Crippen LogP contribution < -0.4 is 15.1 Å². The molecule has 6 nitrogen and oxygen atoms in total. The van der Waals surface area contributed by atoms with E-state index in [0.29, 0.717) is 5.02 Å². The lowest BCUT2D eigenvalue weighted by Crippen LogP contribution is -2.51. The van der Waals surface area contributed by atoms with Gasteiger partial charge in [0.05, 0.1) is 22.7 Å². The van der Waals surface area contributed by atoms with Crippen LogP contribution in [0.2, 0.25) is 5.02 Å². The molecule has 0 bridgehead atoms. The van der Waals surface area contributed by atoms with Gasteiger partial charge in [-0.05, 0) is 60.9 Å². The second-order valence-corrected chi connectivity index (χ2v) is 10.5. The highest BCUT2D eigenvalue weighted by atomic mass is 35.5. The molecular formula is C28H34ClN5O. The van der Waals surface area contributed by atoms with Crippen LogP contribution in [0.15, 0.2) is 48.7 Å². The predicted molar refractivity (Wildman–Crippen MR) is 144 cm³/mol. The zero-order chi connectivity index (χ0) is 23.8. The number of halogens is 1. The van der Waals surface area contributed by atoms with E-state index >= 15 is 0 Å². The molecule has 2 aromatic carbocycles. The second-order valence-electron chi connectivity index (χ2n) is 10.1. The minimum absolute atomic E-state index is 0.169. The molecule has 3 aromatic rings.